The van der Waals surface area contributed by atoms with E-state index in [9.17, 15) is 53.8 Å². The van der Waals surface area contributed by atoms with Crippen LogP contribution in [0.5, 0.6) is 0 Å². The molecule has 2 aromatic carbocycles. The zero-order valence-corrected chi connectivity index (χ0v) is 25.3. The number of aliphatic carboxylic acids is 1. The predicted molar refractivity (Wildman–Crippen MR) is 147 cm³/mol. The maximum Gasteiger partial charge on any atom is 0.435 e. The van der Waals surface area contributed by atoms with E-state index < -0.39 is 79.7 Å². The molecule has 6 nitrogen and oxygen atoms in total. The Morgan fingerprint density at radius 1 is 0.935 bits per heavy atom. The monoisotopic (exact) mass is 681 g/mol. The summed E-state index contributed by atoms with van der Waals surface area (Å²) in [6.45, 7) is 1.71. The maximum atomic E-state index is 15.0. The van der Waals surface area contributed by atoms with E-state index in [2.05, 4.69) is 0 Å². The Bertz CT molecular complexity index is 1620. The lowest BCUT2D eigenvalue weighted by Gasteiger charge is -2.39. The number of hydrogen-bond acceptors (Lipinski definition) is 4. The highest BCUT2D eigenvalue weighted by molar-refractivity contribution is 7.92. The van der Waals surface area contributed by atoms with Gasteiger partial charge >= 0.3 is 24.0 Å². The quantitative estimate of drug-likeness (QED) is 0.251. The molecular weight excluding hydrogens is 650 g/mol. The summed E-state index contributed by atoms with van der Waals surface area (Å²) in [7, 11) is -4.58. The van der Waals surface area contributed by atoms with Gasteiger partial charge in [-0.25, -0.2) is 17.2 Å². The molecule has 1 aliphatic heterocycles. The van der Waals surface area contributed by atoms with Crippen molar-refractivity contribution in [2.75, 3.05) is 6.54 Å². The van der Waals surface area contributed by atoms with E-state index in [1.165, 1.54) is 4.90 Å². The molecule has 2 aliphatic carbocycles. The molecule has 2 unspecified atom stereocenters. The average Bonchev–Trinajstić information content (AvgIpc) is 3.51. The highest BCUT2D eigenvalue weighted by Gasteiger charge is 2.74. The third kappa shape index (κ3) is 4.90. The van der Waals surface area contributed by atoms with Crippen LogP contribution in [0.15, 0.2) is 47.4 Å². The molecule has 1 amide bonds. The number of carboxylic acids is 1. The van der Waals surface area contributed by atoms with Crippen molar-refractivity contribution in [2.45, 2.75) is 92.0 Å². The number of halogens is 8. The number of carboxylic acid groups (broad SMARTS) is 1. The van der Waals surface area contributed by atoms with Gasteiger partial charge in [0.15, 0.2) is 9.84 Å². The van der Waals surface area contributed by atoms with Crippen molar-refractivity contribution in [1.82, 2.24) is 4.90 Å². The summed E-state index contributed by atoms with van der Waals surface area (Å²) >= 11 is 0. The van der Waals surface area contributed by atoms with E-state index in [-0.39, 0.29) is 60.7 Å². The predicted octanol–water partition coefficient (Wildman–Crippen LogP) is 7.00. The first-order valence-corrected chi connectivity index (χ1v) is 16.3. The number of benzene rings is 2. The zero-order chi connectivity index (χ0) is 34.1. The standard InChI is InChI=1S/C31H31F8NO5S/c1-2-11-27(26(42)43)12-9-18(10-13-27)25(41)40-15-14-28(46(44,45)22-6-4-21(32)5-7-22)23-8-3-20(16-19(23)17-24(28)40)29(33,30(34,35)36)31(37,38)39/h3-8,16,18,24H,2,9-15,17H2,1H3,(H,42,43). The second-order valence-corrected chi connectivity index (χ2v) is 14.7. The summed E-state index contributed by atoms with van der Waals surface area (Å²) in [5, 5.41) is 9.86. The lowest BCUT2D eigenvalue weighted by Crippen LogP contribution is -2.50. The lowest BCUT2D eigenvalue weighted by molar-refractivity contribution is -0.348. The molecule has 0 aromatic heterocycles. The highest BCUT2D eigenvalue weighted by atomic mass is 32.2. The third-order valence-corrected chi connectivity index (χ3v) is 12.7. The van der Waals surface area contributed by atoms with Crippen molar-refractivity contribution in [3.05, 3.63) is 65.0 Å². The molecule has 0 bridgehead atoms. The minimum atomic E-state index is -6.39. The number of sulfone groups is 1. The Labute approximate surface area is 259 Å². The van der Waals surface area contributed by atoms with Crippen LogP contribution in [-0.2, 0) is 36.3 Å². The largest absolute Gasteiger partial charge is 0.481 e. The molecular formula is C31H31F8NO5S. The van der Waals surface area contributed by atoms with Crippen LogP contribution in [-0.4, -0.2) is 55.2 Å². The van der Waals surface area contributed by atoms with Crippen LogP contribution >= 0.6 is 0 Å². The Morgan fingerprint density at radius 2 is 1.52 bits per heavy atom. The van der Waals surface area contributed by atoms with Crippen molar-refractivity contribution in [3.8, 4) is 0 Å². The third-order valence-electron chi connectivity index (χ3n) is 10.2. The Morgan fingerprint density at radius 3 is 2.04 bits per heavy atom. The first-order chi connectivity index (χ1) is 21.3. The molecule has 0 radical (unpaired) electrons. The molecule has 46 heavy (non-hydrogen) atoms. The molecule has 1 N–H and O–H groups in total. The van der Waals surface area contributed by atoms with Crippen molar-refractivity contribution >= 4 is 21.7 Å². The first kappa shape index (κ1) is 34.1. The number of nitrogens with zero attached hydrogens (tertiary/aromatic N) is 1. The van der Waals surface area contributed by atoms with Crippen molar-refractivity contribution in [1.29, 1.82) is 0 Å². The van der Waals surface area contributed by atoms with Gasteiger partial charge in [0.2, 0.25) is 5.91 Å². The molecule has 1 heterocycles. The number of rotatable bonds is 7. The summed E-state index contributed by atoms with van der Waals surface area (Å²) in [6, 6.07) is 3.83. The second-order valence-electron chi connectivity index (χ2n) is 12.5. The van der Waals surface area contributed by atoms with E-state index in [1.54, 1.807) is 0 Å². The number of carbonyl (C=O) groups excluding carboxylic acids is 1. The van der Waals surface area contributed by atoms with Crippen molar-refractivity contribution in [3.63, 3.8) is 0 Å². The van der Waals surface area contributed by atoms with Crippen LogP contribution < -0.4 is 0 Å². The van der Waals surface area contributed by atoms with Crippen molar-refractivity contribution < 1.29 is 58.2 Å². The summed E-state index contributed by atoms with van der Waals surface area (Å²) in [6.07, 6.45) is -11.8. The van der Waals surface area contributed by atoms with Gasteiger partial charge in [0, 0.05) is 18.0 Å². The van der Waals surface area contributed by atoms with Gasteiger partial charge in [-0.2, -0.15) is 26.3 Å². The summed E-state index contributed by atoms with van der Waals surface area (Å²) in [4.78, 5) is 26.9. The lowest BCUT2D eigenvalue weighted by atomic mass is 9.68. The number of carbonyl (C=O) groups is 2. The molecule has 15 heteroatoms. The second kappa shape index (κ2) is 11.2. The summed E-state index contributed by atoms with van der Waals surface area (Å²) < 4.78 is 137. The van der Waals surface area contributed by atoms with E-state index in [4.69, 9.17) is 0 Å². The van der Waals surface area contributed by atoms with Crippen LogP contribution in [0.4, 0.5) is 35.1 Å². The number of hydrogen-bond donors (Lipinski definition) is 1. The van der Waals surface area contributed by atoms with Gasteiger partial charge in [-0.1, -0.05) is 31.5 Å². The normalized spacial score (nSPS) is 26.9. The fourth-order valence-electron chi connectivity index (χ4n) is 7.78. The van der Waals surface area contributed by atoms with Crippen LogP contribution in [0.3, 0.4) is 0 Å². The van der Waals surface area contributed by atoms with E-state index in [0.29, 0.717) is 18.9 Å². The fourth-order valence-corrected chi connectivity index (χ4v) is 10.1. The number of likely N-dealkylation sites (tertiary alicyclic amines) is 1. The van der Waals surface area contributed by atoms with Gasteiger partial charge in [0.25, 0.3) is 0 Å². The smallest absolute Gasteiger partial charge is 0.435 e. The van der Waals surface area contributed by atoms with Crippen LogP contribution in [0, 0.1) is 17.2 Å². The number of alkyl halides is 7. The number of amides is 1. The van der Waals surface area contributed by atoms with Crippen LogP contribution in [0.1, 0.15) is 68.6 Å². The van der Waals surface area contributed by atoms with Crippen LogP contribution in [0.2, 0.25) is 0 Å². The first-order valence-electron chi connectivity index (χ1n) is 14.8. The minimum absolute atomic E-state index is 0.126. The van der Waals surface area contributed by atoms with Gasteiger partial charge in [0.1, 0.15) is 10.6 Å². The average molecular weight is 682 g/mol. The fraction of sp³-hybridized carbons (Fsp3) is 0.548. The molecule has 252 valence electrons. The molecule has 0 spiro atoms. The van der Waals surface area contributed by atoms with Crippen molar-refractivity contribution in [2.24, 2.45) is 11.3 Å². The molecule has 3 aliphatic rings. The Kier molecular flexibility index (Phi) is 8.30. The van der Waals surface area contributed by atoms with Gasteiger partial charge in [-0.05, 0) is 80.3 Å². The van der Waals surface area contributed by atoms with Gasteiger partial charge < -0.3 is 10.0 Å². The Hall–Kier alpha value is -3.23. The van der Waals surface area contributed by atoms with Gasteiger partial charge in [-0.3, -0.25) is 9.59 Å². The molecule has 2 fully saturated rings. The maximum absolute atomic E-state index is 15.0. The molecule has 2 aromatic rings. The Balaban J connectivity index is 1.58. The van der Waals surface area contributed by atoms with E-state index >= 15 is 4.39 Å². The molecule has 2 atom stereocenters. The topological polar surface area (TPSA) is 91.8 Å². The van der Waals surface area contributed by atoms with E-state index in [0.717, 1.165) is 30.3 Å². The molecule has 1 saturated carbocycles. The molecule has 1 saturated heterocycles. The SMILES string of the molecule is CCCC1(C(=O)O)CCC(C(=O)N2CCC3(S(=O)(=O)c4ccc(F)cc4)c4ccc(C(F)(C(F)(F)F)C(F)(F)F)cc4CC23)CC1. The van der Waals surface area contributed by atoms with E-state index in [1.807, 2.05) is 6.92 Å². The number of fused-ring (bicyclic) bond motifs is 3. The molecule has 5 rings (SSSR count). The zero-order valence-electron chi connectivity index (χ0n) is 24.5. The van der Waals surface area contributed by atoms with Crippen LogP contribution in [0.25, 0.3) is 0 Å². The van der Waals surface area contributed by atoms with Gasteiger partial charge in [-0.15, -0.1) is 0 Å². The highest BCUT2D eigenvalue weighted by Crippen LogP contribution is 2.58. The van der Waals surface area contributed by atoms with Gasteiger partial charge in [0.05, 0.1) is 16.4 Å². The summed E-state index contributed by atoms with van der Waals surface area (Å²) in [5.41, 5.74) is -8.99. The summed E-state index contributed by atoms with van der Waals surface area (Å²) in [5.74, 6) is -2.93. The minimum Gasteiger partial charge on any atom is -0.481 e.